The minimum absolute atomic E-state index is 0.318. The lowest BCUT2D eigenvalue weighted by Crippen LogP contribution is -2.20. The molecule has 0 radical (unpaired) electrons. The normalized spacial score (nSPS) is 11.4. The van der Waals surface area contributed by atoms with Crippen LogP contribution >= 0.6 is 0 Å². The molecule has 22 heavy (non-hydrogen) atoms. The summed E-state index contributed by atoms with van der Waals surface area (Å²) >= 11 is 0. The number of hydrazone groups is 1. The van der Waals surface area contributed by atoms with E-state index in [1.165, 1.54) is 0 Å². The Balaban J connectivity index is 2.09. The van der Waals surface area contributed by atoms with E-state index in [1.54, 1.807) is 7.11 Å². The molecule has 0 saturated carbocycles. The van der Waals surface area contributed by atoms with Gasteiger partial charge in [0.25, 0.3) is 5.91 Å². The molecule has 1 aromatic heterocycles. The number of amides is 1. The zero-order chi connectivity index (χ0) is 16.1. The van der Waals surface area contributed by atoms with Crippen molar-refractivity contribution in [3.8, 4) is 5.75 Å². The zero-order valence-electron chi connectivity index (χ0n) is 13.2. The Hall–Kier alpha value is -2.63. The van der Waals surface area contributed by atoms with Gasteiger partial charge in [0.2, 0.25) is 0 Å². The summed E-state index contributed by atoms with van der Waals surface area (Å²) in [4.78, 5) is 12.1. The number of hydrogen-bond donors (Lipinski definition) is 2. The molecule has 0 bridgehead atoms. The lowest BCUT2D eigenvalue weighted by Gasteiger charge is -2.04. The Morgan fingerprint density at radius 3 is 2.59 bits per heavy atom. The van der Waals surface area contributed by atoms with Crippen molar-refractivity contribution in [1.82, 2.24) is 15.6 Å². The van der Waals surface area contributed by atoms with Crippen LogP contribution in [0.3, 0.4) is 0 Å². The molecule has 0 unspecified atom stereocenters. The van der Waals surface area contributed by atoms with Gasteiger partial charge in [0.15, 0.2) is 5.69 Å². The van der Waals surface area contributed by atoms with Gasteiger partial charge < -0.3 is 4.74 Å². The summed E-state index contributed by atoms with van der Waals surface area (Å²) in [6, 6.07) is 7.47. The largest absolute Gasteiger partial charge is 0.497 e. The number of benzene rings is 1. The van der Waals surface area contributed by atoms with Gasteiger partial charge in [-0.1, -0.05) is 6.92 Å². The van der Waals surface area contributed by atoms with Gasteiger partial charge in [-0.15, -0.1) is 0 Å². The standard InChI is InChI=1S/C16H20N4O2/c1-5-14-10(2)15(19-18-14)16(21)20-17-11(3)12-6-8-13(22-4)9-7-12/h6-9H,5H2,1-4H3,(H,18,19)(H,20,21)/b17-11+. The zero-order valence-corrected chi connectivity index (χ0v) is 13.2. The first-order valence-electron chi connectivity index (χ1n) is 7.09. The molecular formula is C16H20N4O2. The van der Waals surface area contributed by atoms with E-state index in [-0.39, 0.29) is 5.91 Å². The molecular weight excluding hydrogens is 280 g/mol. The van der Waals surface area contributed by atoms with Crippen LogP contribution in [0.5, 0.6) is 5.75 Å². The van der Waals surface area contributed by atoms with Crippen LogP contribution in [0.4, 0.5) is 0 Å². The van der Waals surface area contributed by atoms with Gasteiger partial charge >= 0.3 is 0 Å². The molecule has 2 rings (SSSR count). The number of methoxy groups -OCH3 is 1. The maximum absolute atomic E-state index is 12.1. The molecule has 6 heteroatoms. The number of rotatable bonds is 5. The maximum Gasteiger partial charge on any atom is 0.292 e. The van der Waals surface area contributed by atoms with Crippen LogP contribution in [-0.2, 0) is 6.42 Å². The molecule has 2 aromatic rings. The van der Waals surface area contributed by atoms with Gasteiger partial charge in [-0.3, -0.25) is 9.89 Å². The Morgan fingerprint density at radius 2 is 2.05 bits per heavy atom. The number of nitrogens with zero attached hydrogens (tertiary/aromatic N) is 2. The highest BCUT2D eigenvalue weighted by Crippen LogP contribution is 2.12. The molecule has 0 saturated heterocycles. The second kappa shape index (κ2) is 6.89. The van der Waals surface area contributed by atoms with Crippen molar-refractivity contribution >= 4 is 11.6 Å². The third kappa shape index (κ3) is 3.33. The second-order valence-electron chi connectivity index (χ2n) is 4.90. The van der Waals surface area contributed by atoms with Crippen molar-refractivity contribution in [2.75, 3.05) is 7.11 Å². The molecule has 0 aliphatic carbocycles. The van der Waals surface area contributed by atoms with Crippen molar-refractivity contribution < 1.29 is 9.53 Å². The molecule has 116 valence electrons. The first-order chi connectivity index (χ1) is 10.6. The Kier molecular flexibility index (Phi) is 4.93. The summed E-state index contributed by atoms with van der Waals surface area (Å²) in [7, 11) is 1.62. The topological polar surface area (TPSA) is 79.4 Å². The van der Waals surface area contributed by atoms with Crippen molar-refractivity contribution in [3.63, 3.8) is 0 Å². The van der Waals surface area contributed by atoms with E-state index in [0.717, 1.165) is 29.0 Å². The fourth-order valence-electron chi connectivity index (χ4n) is 2.08. The van der Waals surface area contributed by atoms with Crippen LogP contribution in [0.1, 0.15) is 41.2 Å². The van der Waals surface area contributed by atoms with E-state index in [2.05, 4.69) is 20.7 Å². The van der Waals surface area contributed by atoms with E-state index < -0.39 is 0 Å². The van der Waals surface area contributed by atoms with Crippen molar-refractivity contribution in [2.45, 2.75) is 27.2 Å². The van der Waals surface area contributed by atoms with E-state index >= 15 is 0 Å². The molecule has 0 aliphatic heterocycles. The molecule has 1 amide bonds. The van der Waals surface area contributed by atoms with Crippen LogP contribution in [-0.4, -0.2) is 28.9 Å². The van der Waals surface area contributed by atoms with Crippen LogP contribution in [0.25, 0.3) is 0 Å². The molecule has 1 aromatic carbocycles. The molecule has 0 aliphatic rings. The monoisotopic (exact) mass is 300 g/mol. The Labute approximate surface area is 129 Å². The van der Waals surface area contributed by atoms with Crippen molar-refractivity contribution in [1.29, 1.82) is 0 Å². The summed E-state index contributed by atoms with van der Waals surface area (Å²) in [6.07, 6.45) is 0.806. The molecule has 0 atom stereocenters. The highest BCUT2D eigenvalue weighted by atomic mass is 16.5. The Bertz CT molecular complexity index is 687. The number of aromatic amines is 1. The number of carbonyl (C=O) groups is 1. The molecule has 0 fully saturated rings. The van der Waals surface area contributed by atoms with Crippen LogP contribution < -0.4 is 10.2 Å². The molecule has 2 N–H and O–H groups in total. The van der Waals surface area contributed by atoms with E-state index in [1.807, 2.05) is 45.0 Å². The molecule has 0 spiro atoms. The van der Waals surface area contributed by atoms with Gasteiger partial charge in [-0.2, -0.15) is 10.2 Å². The second-order valence-corrected chi connectivity index (χ2v) is 4.90. The number of aromatic nitrogens is 2. The number of carbonyl (C=O) groups excluding carboxylic acids is 1. The summed E-state index contributed by atoms with van der Waals surface area (Å²) in [5.74, 6) is 0.459. The average molecular weight is 300 g/mol. The van der Waals surface area contributed by atoms with Crippen LogP contribution in [0.2, 0.25) is 0 Å². The van der Waals surface area contributed by atoms with Crippen LogP contribution in [0.15, 0.2) is 29.4 Å². The van der Waals surface area contributed by atoms with Crippen LogP contribution in [0, 0.1) is 6.92 Å². The summed E-state index contributed by atoms with van der Waals surface area (Å²) in [5, 5.41) is 11.0. The smallest absolute Gasteiger partial charge is 0.292 e. The van der Waals surface area contributed by atoms with E-state index in [0.29, 0.717) is 11.4 Å². The number of ether oxygens (including phenoxy) is 1. The first-order valence-corrected chi connectivity index (χ1v) is 7.09. The lowest BCUT2D eigenvalue weighted by atomic mass is 10.1. The average Bonchev–Trinajstić information content (AvgIpc) is 2.93. The number of hydrogen-bond acceptors (Lipinski definition) is 4. The minimum atomic E-state index is -0.318. The van der Waals surface area contributed by atoms with Gasteiger partial charge in [0, 0.05) is 11.3 Å². The number of nitrogens with one attached hydrogen (secondary N) is 2. The third-order valence-electron chi connectivity index (χ3n) is 3.51. The fraction of sp³-hybridized carbons (Fsp3) is 0.312. The van der Waals surface area contributed by atoms with Crippen molar-refractivity contribution in [3.05, 3.63) is 46.8 Å². The summed E-state index contributed by atoms with van der Waals surface area (Å²) in [6.45, 7) is 5.71. The minimum Gasteiger partial charge on any atom is -0.497 e. The quantitative estimate of drug-likeness (QED) is 0.657. The predicted molar refractivity (Wildman–Crippen MR) is 85.4 cm³/mol. The Morgan fingerprint density at radius 1 is 1.36 bits per heavy atom. The highest BCUT2D eigenvalue weighted by molar-refractivity contribution is 6.00. The SMILES string of the molecule is CCc1[nH]nc(C(=O)N/N=C(\C)c2ccc(OC)cc2)c1C. The third-order valence-corrected chi connectivity index (χ3v) is 3.51. The summed E-state index contributed by atoms with van der Waals surface area (Å²) < 4.78 is 5.11. The molecule has 1 heterocycles. The maximum atomic E-state index is 12.1. The first kappa shape index (κ1) is 15.8. The van der Waals surface area contributed by atoms with Crippen molar-refractivity contribution in [2.24, 2.45) is 5.10 Å². The number of aryl methyl sites for hydroxylation is 1. The van der Waals surface area contributed by atoms with Gasteiger partial charge in [0.05, 0.1) is 12.8 Å². The van der Waals surface area contributed by atoms with Gasteiger partial charge in [0.1, 0.15) is 5.75 Å². The highest BCUT2D eigenvalue weighted by Gasteiger charge is 2.14. The molecule has 6 nitrogen and oxygen atoms in total. The van der Waals surface area contributed by atoms with E-state index in [4.69, 9.17) is 4.74 Å². The lowest BCUT2D eigenvalue weighted by molar-refractivity contribution is 0.0949. The van der Waals surface area contributed by atoms with Gasteiger partial charge in [-0.25, -0.2) is 5.43 Å². The fourth-order valence-corrected chi connectivity index (χ4v) is 2.08. The van der Waals surface area contributed by atoms with E-state index in [9.17, 15) is 4.79 Å². The number of H-pyrrole nitrogens is 1. The van der Waals surface area contributed by atoms with Gasteiger partial charge in [-0.05, 0) is 50.1 Å². The summed E-state index contributed by atoms with van der Waals surface area (Å²) in [5.41, 5.74) is 6.35. The predicted octanol–water partition coefficient (Wildman–Crippen LogP) is 2.44.